The summed E-state index contributed by atoms with van der Waals surface area (Å²) in [4.78, 5) is 30.9. The normalized spacial score (nSPS) is 10.5. The number of rotatable bonds is 5. The van der Waals surface area contributed by atoms with E-state index in [0.29, 0.717) is 52.6 Å². The maximum absolute atomic E-state index is 11.2. The van der Waals surface area contributed by atoms with Crippen molar-refractivity contribution in [2.24, 2.45) is 0 Å². The van der Waals surface area contributed by atoms with Gasteiger partial charge in [0, 0.05) is 18.3 Å². The number of carbonyl (C=O) groups is 1. The van der Waals surface area contributed by atoms with Gasteiger partial charge in [-0.15, -0.1) is 0 Å². The third kappa shape index (κ3) is 3.22. The lowest BCUT2D eigenvalue weighted by atomic mass is 10.1. The first-order valence-electron chi connectivity index (χ1n) is 8.32. The quantitative estimate of drug-likeness (QED) is 0.453. The number of carbonyl (C=O) groups excluding carboxylic acids is 1. The standard InChI is InChI=1S/C19H14N8O/c20-6-12-5-14(9-28)17(23-8-12)22-7-11-1-3-13(4-2-11)18-26-15-16(21)24-10-25-19(15)27-18/h1-5,8-10H,7H2,(H,22,23)(H3,21,24,25,26,27). The molecule has 0 spiro atoms. The van der Waals surface area contributed by atoms with Gasteiger partial charge in [-0.1, -0.05) is 24.3 Å². The number of benzene rings is 1. The molecule has 9 heteroatoms. The number of hydrogen-bond acceptors (Lipinski definition) is 8. The number of H-pyrrole nitrogens is 1. The molecule has 3 aromatic heterocycles. The molecule has 136 valence electrons. The Morgan fingerprint density at radius 1 is 1.21 bits per heavy atom. The van der Waals surface area contributed by atoms with Gasteiger partial charge in [-0.25, -0.2) is 19.9 Å². The number of aromatic nitrogens is 5. The van der Waals surface area contributed by atoms with Crippen LogP contribution in [-0.2, 0) is 6.54 Å². The average Bonchev–Trinajstić information content (AvgIpc) is 3.18. The van der Waals surface area contributed by atoms with Crippen LogP contribution in [0.15, 0.2) is 42.9 Å². The lowest BCUT2D eigenvalue weighted by molar-refractivity contribution is 0.112. The number of nitrogens with zero attached hydrogens (tertiary/aromatic N) is 5. The Bertz CT molecular complexity index is 1210. The fraction of sp³-hybridized carbons (Fsp3) is 0.0526. The van der Waals surface area contributed by atoms with Crippen LogP contribution < -0.4 is 11.1 Å². The lowest BCUT2D eigenvalue weighted by Crippen LogP contribution is -2.04. The van der Waals surface area contributed by atoms with E-state index < -0.39 is 0 Å². The van der Waals surface area contributed by atoms with Crippen molar-refractivity contribution in [3.63, 3.8) is 0 Å². The third-order valence-electron chi connectivity index (χ3n) is 4.18. The van der Waals surface area contributed by atoms with E-state index >= 15 is 0 Å². The fourth-order valence-electron chi connectivity index (χ4n) is 2.73. The number of nitrogens with two attached hydrogens (primary N) is 1. The van der Waals surface area contributed by atoms with Crippen LogP contribution in [0.25, 0.3) is 22.6 Å². The van der Waals surface area contributed by atoms with Crippen molar-refractivity contribution >= 4 is 29.1 Å². The summed E-state index contributed by atoms with van der Waals surface area (Å²) in [5, 5.41) is 12.0. The Morgan fingerprint density at radius 3 is 2.75 bits per heavy atom. The number of anilines is 2. The van der Waals surface area contributed by atoms with Gasteiger partial charge in [-0.2, -0.15) is 5.26 Å². The SMILES string of the molecule is N#Cc1cnc(NCc2ccc(-c3nc4ncnc(N)c4[nH]3)cc2)c(C=O)c1. The zero-order valence-electron chi connectivity index (χ0n) is 14.5. The minimum atomic E-state index is 0.341. The van der Waals surface area contributed by atoms with Gasteiger partial charge in [0.15, 0.2) is 17.8 Å². The van der Waals surface area contributed by atoms with Gasteiger partial charge in [0.25, 0.3) is 0 Å². The summed E-state index contributed by atoms with van der Waals surface area (Å²) in [5.74, 6) is 1.44. The fourth-order valence-corrected chi connectivity index (χ4v) is 2.73. The van der Waals surface area contributed by atoms with Crippen LogP contribution in [0.1, 0.15) is 21.5 Å². The highest BCUT2D eigenvalue weighted by atomic mass is 16.1. The summed E-state index contributed by atoms with van der Waals surface area (Å²) in [6.45, 7) is 0.471. The van der Waals surface area contributed by atoms with E-state index in [9.17, 15) is 4.79 Å². The molecule has 4 aromatic rings. The van der Waals surface area contributed by atoms with E-state index in [2.05, 4.69) is 30.2 Å². The lowest BCUT2D eigenvalue weighted by Gasteiger charge is -2.08. The molecule has 28 heavy (non-hydrogen) atoms. The highest BCUT2D eigenvalue weighted by molar-refractivity contribution is 5.84. The average molecular weight is 370 g/mol. The Hall–Kier alpha value is -4.32. The molecule has 0 atom stereocenters. The summed E-state index contributed by atoms with van der Waals surface area (Å²) in [5.41, 5.74) is 9.51. The van der Waals surface area contributed by atoms with Gasteiger partial charge in [0.2, 0.25) is 0 Å². The van der Waals surface area contributed by atoms with Crippen LogP contribution in [-0.4, -0.2) is 31.2 Å². The second-order valence-corrected chi connectivity index (χ2v) is 5.98. The van der Waals surface area contributed by atoms with E-state index in [-0.39, 0.29) is 0 Å². The summed E-state index contributed by atoms with van der Waals surface area (Å²) < 4.78 is 0. The first-order chi connectivity index (χ1) is 13.7. The summed E-state index contributed by atoms with van der Waals surface area (Å²) in [6, 6.07) is 11.2. The minimum Gasteiger partial charge on any atom is -0.382 e. The molecular formula is C19H14N8O. The maximum Gasteiger partial charge on any atom is 0.183 e. The number of nitrogens with one attached hydrogen (secondary N) is 2. The molecule has 4 rings (SSSR count). The summed E-state index contributed by atoms with van der Waals surface area (Å²) in [6.07, 6.45) is 3.48. The molecule has 0 aliphatic carbocycles. The number of hydrogen-bond donors (Lipinski definition) is 3. The van der Waals surface area contributed by atoms with Crippen LogP contribution in [0.3, 0.4) is 0 Å². The smallest absolute Gasteiger partial charge is 0.183 e. The highest BCUT2D eigenvalue weighted by Crippen LogP contribution is 2.22. The van der Waals surface area contributed by atoms with E-state index in [0.717, 1.165) is 11.1 Å². The van der Waals surface area contributed by atoms with Crippen molar-refractivity contribution in [1.29, 1.82) is 5.26 Å². The van der Waals surface area contributed by atoms with Gasteiger partial charge < -0.3 is 16.0 Å². The number of nitrogen functional groups attached to an aromatic ring is 1. The zero-order valence-corrected chi connectivity index (χ0v) is 14.5. The molecule has 4 N–H and O–H groups in total. The van der Waals surface area contributed by atoms with Crippen molar-refractivity contribution < 1.29 is 4.79 Å². The Morgan fingerprint density at radius 2 is 2.04 bits per heavy atom. The van der Waals surface area contributed by atoms with Crippen LogP contribution in [0.5, 0.6) is 0 Å². The van der Waals surface area contributed by atoms with Crippen LogP contribution in [0.2, 0.25) is 0 Å². The van der Waals surface area contributed by atoms with Crippen LogP contribution in [0, 0.1) is 11.3 Å². The number of aldehydes is 1. The molecule has 0 amide bonds. The molecule has 0 unspecified atom stereocenters. The van der Waals surface area contributed by atoms with Crippen molar-refractivity contribution in [3.05, 3.63) is 59.5 Å². The summed E-state index contributed by atoms with van der Waals surface area (Å²) in [7, 11) is 0. The van der Waals surface area contributed by atoms with E-state index in [1.54, 1.807) is 0 Å². The van der Waals surface area contributed by atoms with Gasteiger partial charge in [-0.05, 0) is 11.6 Å². The van der Waals surface area contributed by atoms with Gasteiger partial charge in [0.1, 0.15) is 29.6 Å². The number of aromatic amines is 1. The molecule has 0 aliphatic heterocycles. The minimum absolute atomic E-state index is 0.341. The molecule has 0 saturated heterocycles. The first kappa shape index (κ1) is 17.1. The molecule has 0 fully saturated rings. The molecule has 0 saturated carbocycles. The zero-order chi connectivity index (χ0) is 19.5. The molecule has 9 nitrogen and oxygen atoms in total. The van der Waals surface area contributed by atoms with Crippen LogP contribution >= 0.6 is 0 Å². The summed E-state index contributed by atoms with van der Waals surface area (Å²) >= 11 is 0. The first-order valence-corrected chi connectivity index (χ1v) is 8.32. The third-order valence-corrected chi connectivity index (χ3v) is 4.18. The molecule has 3 heterocycles. The Balaban J connectivity index is 1.51. The molecule has 0 aliphatic rings. The predicted molar refractivity (Wildman–Crippen MR) is 103 cm³/mol. The number of nitriles is 1. The van der Waals surface area contributed by atoms with Crippen molar-refractivity contribution in [2.75, 3.05) is 11.1 Å². The maximum atomic E-state index is 11.2. The highest BCUT2D eigenvalue weighted by Gasteiger charge is 2.09. The van der Waals surface area contributed by atoms with Crippen molar-refractivity contribution in [3.8, 4) is 17.5 Å². The Labute approximate surface area is 159 Å². The van der Waals surface area contributed by atoms with Gasteiger partial charge >= 0.3 is 0 Å². The van der Waals surface area contributed by atoms with E-state index in [1.807, 2.05) is 30.3 Å². The van der Waals surface area contributed by atoms with E-state index in [1.165, 1.54) is 18.6 Å². The molecule has 0 radical (unpaired) electrons. The van der Waals surface area contributed by atoms with Gasteiger partial charge in [0.05, 0.1) is 11.1 Å². The molecule has 1 aromatic carbocycles. The topological polar surface area (TPSA) is 146 Å². The van der Waals surface area contributed by atoms with Crippen LogP contribution in [0.4, 0.5) is 11.6 Å². The second-order valence-electron chi connectivity index (χ2n) is 5.98. The van der Waals surface area contributed by atoms with E-state index in [4.69, 9.17) is 11.0 Å². The largest absolute Gasteiger partial charge is 0.382 e. The Kier molecular flexibility index (Phi) is 4.35. The molecule has 0 bridgehead atoms. The number of imidazole rings is 1. The monoisotopic (exact) mass is 370 g/mol. The van der Waals surface area contributed by atoms with Gasteiger partial charge in [-0.3, -0.25) is 4.79 Å². The van der Waals surface area contributed by atoms with Crippen molar-refractivity contribution in [1.82, 2.24) is 24.9 Å². The second kappa shape index (κ2) is 7.13. The molecular weight excluding hydrogens is 356 g/mol. The van der Waals surface area contributed by atoms with Crippen molar-refractivity contribution in [2.45, 2.75) is 6.54 Å². The number of fused-ring (bicyclic) bond motifs is 1. The predicted octanol–water partition coefficient (Wildman–Crippen LogP) is 2.29. The number of pyridine rings is 1.